The molecule has 1 aliphatic heterocycles. The standard InChI is InChI=1S/C11H14N/c1-2-5-10(6-3-1)11-7-4-8-12-9-11/h1-6,11-12H,7-9H2/t11-/m1/s1. The average molecular weight is 160 g/mol. The van der Waals surface area contributed by atoms with Crippen LogP contribution in [0.5, 0.6) is 0 Å². The van der Waals surface area contributed by atoms with Gasteiger partial charge in [0.2, 0.25) is 0 Å². The Morgan fingerprint density at radius 2 is 2.00 bits per heavy atom. The molecule has 0 amide bonds. The minimum atomic E-state index is 0.694. The Labute approximate surface area is 73.8 Å². The molecule has 1 heterocycles. The maximum absolute atomic E-state index is 3.38. The van der Waals surface area contributed by atoms with E-state index in [9.17, 15) is 0 Å². The summed E-state index contributed by atoms with van der Waals surface area (Å²) in [6.45, 7) is 2.20. The molecule has 1 atom stereocenters. The highest BCUT2D eigenvalue weighted by atomic mass is 14.9. The summed E-state index contributed by atoms with van der Waals surface area (Å²) in [6, 6.07) is 10.7. The molecule has 1 radical (unpaired) electrons. The second kappa shape index (κ2) is 3.72. The summed E-state index contributed by atoms with van der Waals surface area (Å²) in [4.78, 5) is 0. The molecule has 0 aromatic heterocycles. The van der Waals surface area contributed by atoms with Gasteiger partial charge in [-0.25, -0.2) is 0 Å². The lowest BCUT2D eigenvalue weighted by molar-refractivity contribution is 0.533. The SMILES string of the molecule is [CH]1CNC[C@H](c2ccccc2)C1. The van der Waals surface area contributed by atoms with Crippen molar-refractivity contribution in [1.82, 2.24) is 5.32 Å². The van der Waals surface area contributed by atoms with Gasteiger partial charge >= 0.3 is 0 Å². The Morgan fingerprint density at radius 3 is 2.67 bits per heavy atom. The van der Waals surface area contributed by atoms with Gasteiger partial charge < -0.3 is 5.32 Å². The van der Waals surface area contributed by atoms with Gasteiger partial charge in [-0.05, 0) is 30.9 Å². The summed E-state index contributed by atoms with van der Waals surface area (Å²) in [5.74, 6) is 0.694. The molecule has 1 heteroatoms. The smallest absolute Gasteiger partial charge is 0.00203 e. The number of nitrogens with one attached hydrogen (secondary N) is 1. The van der Waals surface area contributed by atoms with Crippen molar-refractivity contribution in [2.24, 2.45) is 0 Å². The van der Waals surface area contributed by atoms with Gasteiger partial charge in [0, 0.05) is 6.54 Å². The van der Waals surface area contributed by atoms with Crippen LogP contribution in [0.4, 0.5) is 0 Å². The van der Waals surface area contributed by atoms with Crippen LogP contribution >= 0.6 is 0 Å². The molecule has 0 bridgehead atoms. The molecule has 1 aliphatic rings. The van der Waals surface area contributed by atoms with E-state index >= 15 is 0 Å². The first-order valence-electron chi connectivity index (χ1n) is 4.54. The Morgan fingerprint density at radius 1 is 1.17 bits per heavy atom. The van der Waals surface area contributed by atoms with Gasteiger partial charge in [-0.15, -0.1) is 0 Å². The molecule has 0 aliphatic carbocycles. The first kappa shape index (κ1) is 7.81. The van der Waals surface area contributed by atoms with Crippen molar-refractivity contribution < 1.29 is 0 Å². The average Bonchev–Trinajstić information content (AvgIpc) is 2.21. The molecule has 1 nitrogen and oxygen atoms in total. The van der Waals surface area contributed by atoms with Crippen LogP contribution in [-0.4, -0.2) is 13.1 Å². The van der Waals surface area contributed by atoms with Gasteiger partial charge in [0.15, 0.2) is 0 Å². The minimum absolute atomic E-state index is 0.694. The van der Waals surface area contributed by atoms with Gasteiger partial charge in [0.05, 0.1) is 0 Å². The zero-order valence-electron chi connectivity index (χ0n) is 7.16. The summed E-state index contributed by atoms with van der Waals surface area (Å²) < 4.78 is 0. The summed E-state index contributed by atoms with van der Waals surface area (Å²) >= 11 is 0. The number of piperidine rings is 1. The lowest BCUT2D eigenvalue weighted by Crippen LogP contribution is -2.28. The van der Waals surface area contributed by atoms with Crippen LogP contribution in [0.25, 0.3) is 0 Å². The molecule has 1 N–H and O–H groups in total. The van der Waals surface area contributed by atoms with Gasteiger partial charge in [-0.1, -0.05) is 30.3 Å². The number of benzene rings is 1. The van der Waals surface area contributed by atoms with Gasteiger partial charge in [0.1, 0.15) is 0 Å². The summed E-state index contributed by atoms with van der Waals surface area (Å²) in [5, 5.41) is 3.38. The van der Waals surface area contributed by atoms with E-state index in [1.807, 2.05) is 0 Å². The van der Waals surface area contributed by atoms with Gasteiger partial charge in [0.25, 0.3) is 0 Å². The molecule has 63 valence electrons. The van der Waals surface area contributed by atoms with E-state index in [1.165, 1.54) is 12.0 Å². The van der Waals surface area contributed by atoms with E-state index < -0.39 is 0 Å². The quantitative estimate of drug-likeness (QED) is 0.662. The van der Waals surface area contributed by atoms with Crippen molar-refractivity contribution in [2.75, 3.05) is 13.1 Å². The van der Waals surface area contributed by atoms with Crippen molar-refractivity contribution in [3.05, 3.63) is 42.3 Å². The van der Waals surface area contributed by atoms with E-state index in [0.717, 1.165) is 13.1 Å². The predicted molar refractivity (Wildman–Crippen MR) is 51.0 cm³/mol. The fourth-order valence-electron chi connectivity index (χ4n) is 1.71. The fourth-order valence-corrected chi connectivity index (χ4v) is 1.71. The molecule has 0 spiro atoms. The molecule has 2 rings (SSSR count). The Bertz CT molecular complexity index is 224. The molecule has 1 aromatic rings. The molecule has 1 aromatic carbocycles. The van der Waals surface area contributed by atoms with Crippen LogP contribution in [-0.2, 0) is 0 Å². The maximum atomic E-state index is 3.38. The van der Waals surface area contributed by atoms with Crippen LogP contribution in [0.1, 0.15) is 17.9 Å². The van der Waals surface area contributed by atoms with E-state index in [4.69, 9.17) is 0 Å². The van der Waals surface area contributed by atoms with Crippen molar-refractivity contribution >= 4 is 0 Å². The lowest BCUT2D eigenvalue weighted by atomic mass is 9.92. The minimum Gasteiger partial charge on any atom is -0.316 e. The summed E-state index contributed by atoms with van der Waals surface area (Å²) in [7, 11) is 0. The Kier molecular flexibility index (Phi) is 2.42. The van der Waals surface area contributed by atoms with Gasteiger partial charge in [-0.2, -0.15) is 0 Å². The van der Waals surface area contributed by atoms with Crippen LogP contribution < -0.4 is 5.32 Å². The third-order valence-electron chi connectivity index (χ3n) is 2.40. The van der Waals surface area contributed by atoms with Crippen molar-refractivity contribution in [3.8, 4) is 0 Å². The van der Waals surface area contributed by atoms with Crippen LogP contribution in [0, 0.1) is 6.42 Å². The van der Waals surface area contributed by atoms with Gasteiger partial charge in [-0.3, -0.25) is 0 Å². The molecular weight excluding hydrogens is 146 g/mol. The number of hydrogen-bond donors (Lipinski definition) is 1. The largest absolute Gasteiger partial charge is 0.316 e. The van der Waals surface area contributed by atoms with Crippen LogP contribution in [0.3, 0.4) is 0 Å². The third-order valence-corrected chi connectivity index (χ3v) is 2.40. The molecule has 0 unspecified atom stereocenters. The van der Waals surface area contributed by atoms with Crippen LogP contribution in [0.15, 0.2) is 30.3 Å². The van der Waals surface area contributed by atoms with E-state index in [1.54, 1.807) is 0 Å². The second-order valence-corrected chi connectivity index (χ2v) is 3.29. The Balaban J connectivity index is 2.08. The zero-order chi connectivity index (χ0) is 8.23. The monoisotopic (exact) mass is 160 g/mol. The maximum Gasteiger partial charge on any atom is 0.00203 e. The van der Waals surface area contributed by atoms with E-state index in [2.05, 4.69) is 42.1 Å². The topological polar surface area (TPSA) is 12.0 Å². The van der Waals surface area contributed by atoms with Crippen molar-refractivity contribution in [3.63, 3.8) is 0 Å². The van der Waals surface area contributed by atoms with Crippen molar-refractivity contribution in [1.29, 1.82) is 0 Å². The number of rotatable bonds is 1. The Hall–Kier alpha value is -0.820. The van der Waals surface area contributed by atoms with E-state index in [0.29, 0.717) is 5.92 Å². The van der Waals surface area contributed by atoms with Crippen LogP contribution in [0.2, 0.25) is 0 Å². The summed E-state index contributed by atoms with van der Waals surface area (Å²) in [6.07, 6.45) is 3.54. The number of hydrogen-bond acceptors (Lipinski definition) is 1. The van der Waals surface area contributed by atoms with E-state index in [-0.39, 0.29) is 0 Å². The fraction of sp³-hybridized carbons (Fsp3) is 0.364. The first-order valence-corrected chi connectivity index (χ1v) is 4.54. The summed E-state index contributed by atoms with van der Waals surface area (Å²) in [5.41, 5.74) is 1.46. The molecule has 0 saturated carbocycles. The predicted octanol–water partition coefficient (Wildman–Crippen LogP) is 1.97. The second-order valence-electron chi connectivity index (χ2n) is 3.29. The normalized spacial score (nSPS) is 23.8. The zero-order valence-corrected chi connectivity index (χ0v) is 7.16. The highest BCUT2D eigenvalue weighted by Crippen LogP contribution is 2.21. The van der Waals surface area contributed by atoms with Crippen molar-refractivity contribution in [2.45, 2.75) is 12.3 Å². The highest BCUT2D eigenvalue weighted by molar-refractivity contribution is 5.21. The first-order chi connectivity index (χ1) is 5.97. The lowest BCUT2D eigenvalue weighted by Gasteiger charge is -2.22. The third kappa shape index (κ3) is 1.67. The highest BCUT2D eigenvalue weighted by Gasteiger charge is 2.13. The molecule has 1 fully saturated rings. The molecule has 1 saturated heterocycles. The molecule has 12 heavy (non-hydrogen) atoms. The molecular formula is C11H14N.